The molecule has 1 aliphatic heterocycles. The van der Waals surface area contributed by atoms with Gasteiger partial charge in [-0.05, 0) is 56.9 Å². The van der Waals surface area contributed by atoms with Crippen LogP contribution in [0.4, 0.5) is 0 Å². The summed E-state index contributed by atoms with van der Waals surface area (Å²) in [5.74, 6) is 0.420. The first-order valence-electron chi connectivity index (χ1n) is 6.70. The fraction of sp³-hybridized carbons (Fsp3) is 1.00. The summed E-state index contributed by atoms with van der Waals surface area (Å²) in [7, 11) is 0. The number of piperidine rings is 1. The van der Waals surface area contributed by atoms with Crippen LogP contribution in [0, 0.1) is 11.4 Å². The highest BCUT2D eigenvalue weighted by Gasteiger charge is 2.29. The zero-order valence-corrected chi connectivity index (χ0v) is 12.2. The highest BCUT2D eigenvalue weighted by Crippen LogP contribution is 2.25. The molecule has 0 saturated carbocycles. The van der Waals surface area contributed by atoms with E-state index < -0.39 is 6.41 Å². The first-order valence-corrected chi connectivity index (χ1v) is 6.70. The lowest BCUT2D eigenvalue weighted by Crippen LogP contribution is -2.46. The maximum atomic E-state index is 10.00. The normalized spacial score (nSPS) is 22.6. The third-order valence-electron chi connectivity index (χ3n) is 3.31. The van der Waals surface area contributed by atoms with Crippen LogP contribution in [-0.4, -0.2) is 41.2 Å². The Balaban J connectivity index is 2.40. The fourth-order valence-corrected chi connectivity index (χ4v) is 2.22. The molecule has 0 bridgehead atoms. The highest BCUT2D eigenvalue weighted by atomic mass is 16.6. The maximum Gasteiger partial charge on any atom is 0.216 e. The predicted molar refractivity (Wildman–Crippen MR) is 70.6 cm³/mol. The molecule has 0 aliphatic carbocycles. The van der Waals surface area contributed by atoms with Gasteiger partial charge in [-0.3, -0.25) is 4.90 Å². The van der Waals surface area contributed by atoms with E-state index >= 15 is 0 Å². The molecule has 0 aromatic rings. The third-order valence-corrected chi connectivity index (χ3v) is 3.31. The SMILES string of the molecule is CC(N=NN=N)C1CCN(C(O)OC(C)(C)C)CC1. The van der Waals surface area contributed by atoms with Gasteiger partial charge in [-0.1, -0.05) is 0 Å². The van der Waals surface area contributed by atoms with Gasteiger partial charge in [0.25, 0.3) is 0 Å². The average molecular weight is 271 g/mol. The van der Waals surface area contributed by atoms with Crippen molar-refractivity contribution in [2.75, 3.05) is 13.1 Å². The standard InChI is InChI=1S/C12H25N5O2/c1-9(14-16-15-13)10-5-7-17(8-6-10)11(18)19-12(2,3)4/h9-11,13,18H,5-8H2,1-4H3. The molecule has 7 nitrogen and oxygen atoms in total. The van der Waals surface area contributed by atoms with Gasteiger partial charge < -0.3 is 9.84 Å². The Morgan fingerprint density at radius 1 is 1.32 bits per heavy atom. The van der Waals surface area contributed by atoms with Crippen molar-refractivity contribution in [3.05, 3.63) is 0 Å². The molecule has 19 heavy (non-hydrogen) atoms. The molecule has 1 rings (SSSR count). The van der Waals surface area contributed by atoms with Gasteiger partial charge in [0.2, 0.25) is 6.41 Å². The van der Waals surface area contributed by atoms with E-state index in [4.69, 9.17) is 10.3 Å². The van der Waals surface area contributed by atoms with Crippen molar-refractivity contribution in [2.45, 2.75) is 58.6 Å². The first kappa shape index (κ1) is 16.1. The van der Waals surface area contributed by atoms with Crippen molar-refractivity contribution < 1.29 is 9.84 Å². The van der Waals surface area contributed by atoms with E-state index in [1.54, 1.807) is 0 Å². The summed E-state index contributed by atoms with van der Waals surface area (Å²) < 4.78 is 5.54. The Hall–Kier alpha value is -0.920. The second-order valence-electron chi connectivity index (χ2n) is 5.98. The molecule has 2 unspecified atom stereocenters. The zero-order chi connectivity index (χ0) is 14.5. The van der Waals surface area contributed by atoms with Crippen molar-refractivity contribution in [3.8, 4) is 0 Å². The third kappa shape index (κ3) is 5.71. The van der Waals surface area contributed by atoms with Crippen LogP contribution >= 0.6 is 0 Å². The largest absolute Gasteiger partial charge is 0.356 e. The minimum atomic E-state index is -0.846. The van der Waals surface area contributed by atoms with Gasteiger partial charge in [0.05, 0.1) is 11.6 Å². The number of nitrogens with zero attached hydrogens (tertiary/aromatic N) is 4. The van der Waals surface area contributed by atoms with Gasteiger partial charge >= 0.3 is 0 Å². The van der Waals surface area contributed by atoms with E-state index in [1.165, 1.54) is 0 Å². The van der Waals surface area contributed by atoms with E-state index in [9.17, 15) is 5.11 Å². The molecule has 1 saturated heterocycles. The number of hydrogen-bond acceptors (Lipinski definition) is 5. The second-order valence-corrected chi connectivity index (χ2v) is 5.98. The number of rotatable bonds is 5. The maximum absolute atomic E-state index is 10.00. The second kappa shape index (κ2) is 7.02. The topological polar surface area (TPSA) is 93.6 Å². The highest BCUT2D eigenvalue weighted by molar-refractivity contribution is 4.79. The Kier molecular flexibility index (Phi) is 5.96. The molecule has 0 radical (unpaired) electrons. The molecule has 1 heterocycles. The quantitative estimate of drug-likeness (QED) is 0.457. The summed E-state index contributed by atoms with van der Waals surface area (Å²) in [6.45, 7) is 9.32. The van der Waals surface area contributed by atoms with Crippen molar-refractivity contribution >= 4 is 0 Å². The Morgan fingerprint density at radius 2 is 1.89 bits per heavy atom. The van der Waals surface area contributed by atoms with E-state index in [2.05, 4.69) is 15.6 Å². The lowest BCUT2D eigenvalue weighted by atomic mass is 9.91. The Labute approximate surface area is 114 Å². The van der Waals surface area contributed by atoms with Crippen molar-refractivity contribution in [2.24, 2.45) is 21.5 Å². The molecule has 2 atom stereocenters. The van der Waals surface area contributed by atoms with E-state index in [1.807, 2.05) is 32.6 Å². The van der Waals surface area contributed by atoms with Crippen molar-refractivity contribution in [1.29, 1.82) is 5.53 Å². The van der Waals surface area contributed by atoms with Crippen LogP contribution in [0.3, 0.4) is 0 Å². The minimum absolute atomic E-state index is 0.0666. The average Bonchev–Trinajstić information content (AvgIpc) is 2.34. The minimum Gasteiger partial charge on any atom is -0.356 e. The van der Waals surface area contributed by atoms with Crippen LogP contribution in [-0.2, 0) is 4.74 Å². The lowest BCUT2D eigenvalue weighted by Gasteiger charge is -2.37. The van der Waals surface area contributed by atoms with Crippen LogP contribution in [0.5, 0.6) is 0 Å². The predicted octanol–water partition coefficient (Wildman–Crippen LogP) is 2.58. The molecular formula is C12H25N5O2. The van der Waals surface area contributed by atoms with Crippen LogP contribution in [0.1, 0.15) is 40.5 Å². The summed E-state index contributed by atoms with van der Waals surface area (Å²) in [6.07, 6.45) is 1.02. The lowest BCUT2D eigenvalue weighted by molar-refractivity contribution is -0.243. The van der Waals surface area contributed by atoms with Crippen LogP contribution in [0.25, 0.3) is 0 Å². The summed E-state index contributed by atoms with van der Waals surface area (Å²) in [5, 5.41) is 20.2. The number of nitrogens with one attached hydrogen (secondary N) is 1. The molecule has 2 N–H and O–H groups in total. The number of ether oxygens (including phenoxy) is 1. The van der Waals surface area contributed by atoms with Gasteiger partial charge in [0.1, 0.15) is 0 Å². The molecule has 110 valence electrons. The molecular weight excluding hydrogens is 246 g/mol. The van der Waals surface area contributed by atoms with Gasteiger partial charge in [-0.25, -0.2) is 0 Å². The first-order chi connectivity index (χ1) is 8.83. The number of aliphatic hydroxyl groups excluding tert-OH is 1. The van der Waals surface area contributed by atoms with Gasteiger partial charge in [-0.15, -0.1) is 0 Å². The Morgan fingerprint density at radius 3 is 2.37 bits per heavy atom. The van der Waals surface area contributed by atoms with Crippen molar-refractivity contribution in [1.82, 2.24) is 4.90 Å². The van der Waals surface area contributed by atoms with Crippen molar-refractivity contribution in [3.63, 3.8) is 0 Å². The molecule has 0 amide bonds. The molecule has 1 fully saturated rings. The molecule has 7 heteroatoms. The zero-order valence-electron chi connectivity index (χ0n) is 12.2. The summed E-state index contributed by atoms with van der Waals surface area (Å²) in [6, 6.07) is 0.0666. The van der Waals surface area contributed by atoms with Gasteiger partial charge in [0.15, 0.2) is 0 Å². The molecule has 0 aromatic heterocycles. The number of hydrogen-bond donors (Lipinski definition) is 2. The fourth-order valence-electron chi connectivity index (χ4n) is 2.22. The molecule has 0 aromatic carbocycles. The van der Waals surface area contributed by atoms with Crippen LogP contribution in [0.15, 0.2) is 15.6 Å². The van der Waals surface area contributed by atoms with Gasteiger partial charge in [0, 0.05) is 13.1 Å². The molecule has 0 spiro atoms. The summed E-state index contributed by atoms with van der Waals surface area (Å²) >= 11 is 0. The number of aliphatic hydroxyl groups is 1. The van der Waals surface area contributed by atoms with E-state index in [0.29, 0.717) is 5.92 Å². The van der Waals surface area contributed by atoms with Crippen LogP contribution in [0.2, 0.25) is 0 Å². The van der Waals surface area contributed by atoms with E-state index in [-0.39, 0.29) is 11.6 Å². The monoisotopic (exact) mass is 271 g/mol. The van der Waals surface area contributed by atoms with Crippen LogP contribution < -0.4 is 0 Å². The van der Waals surface area contributed by atoms with E-state index in [0.717, 1.165) is 25.9 Å². The Bertz CT molecular complexity index is 308. The summed E-state index contributed by atoms with van der Waals surface area (Å²) in [5.41, 5.74) is 6.23. The smallest absolute Gasteiger partial charge is 0.216 e. The van der Waals surface area contributed by atoms with Gasteiger partial charge in [-0.2, -0.15) is 10.6 Å². The summed E-state index contributed by atoms with van der Waals surface area (Å²) in [4.78, 5) is 1.93. The number of likely N-dealkylation sites (tertiary alicyclic amines) is 1. The molecule has 1 aliphatic rings.